The molecular formula is C6H11NO5. The first-order valence-corrected chi connectivity index (χ1v) is 3.54. The molecule has 1 heterocycles. The second-order valence-corrected chi connectivity index (χ2v) is 2.77. The minimum absolute atomic E-state index is 0.0325. The Morgan fingerprint density at radius 1 is 1.25 bits per heavy atom. The number of hydrogen-bond acceptors (Lipinski definition) is 5. The predicted molar refractivity (Wildman–Crippen MR) is 37.4 cm³/mol. The van der Waals surface area contributed by atoms with Crippen molar-refractivity contribution < 1.29 is 25.2 Å². The third kappa shape index (κ3) is 1.56. The molecule has 1 aliphatic rings. The predicted octanol–water partition coefficient (Wildman–Crippen LogP) is -2.87. The van der Waals surface area contributed by atoms with Gasteiger partial charge in [-0.05, 0) is 0 Å². The Bertz CT molecular complexity index is 185. The number of carbonyl (C=O) groups is 1. The first-order chi connectivity index (χ1) is 5.54. The van der Waals surface area contributed by atoms with Gasteiger partial charge in [-0.15, -0.1) is 0 Å². The maximum atomic E-state index is 10.4. The minimum Gasteiger partial charge on any atom is -0.480 e. The number of carboxylic acid groups (broad SMARTS) is 1. The van der Waals surface area contributed by atoms with Crippen molar-refractivity contribution in [3.8, 4) is 0 Å². The van der Waals surface area contributed by atoms with Gasteiger partial charge in [0.05, 0.1) is 6.10 Å². The summed E-state index contributed by atoms with van der Waals surface area (Å²) in [4.78, 5) is 10.4. The SMILES string of the molecule is O=C(O)[C@H]1NC[C@@H](O)[C@H](O)[C@@H]1O. The van der Waals surface area contributed by atoms with E-state index >= 15 is 0 Å². The molecule has 0 aromatic rings. The molecule has 6 nitrogen and oxygen atoms in total. The molecule has 0 radical (unpaired) electrons. The smallest absolute Gasteiger partial charge is 0.323 e. The van der Waals surface area contributed by atoms with Gasteiger partial charge in [-0.1, -0.05) is 0 Å². The number of aliphatic hydroxyl groups is 3. The molecule has 1 fully saturated rings. The van der Waals surface area contributed by atoms with E-state index in [0.717, 1.165) is 0 Å². The van der Waals surface area contributed by atoms with E-state index in [2.05, 4.69) is 5.32 Å². The molecule has 1 saturated heterocycles. The molecule has 0 saturated carbocycles. The van der Waals surface area contributed by atoms with E-state index in [1.165, 1.54) is 0 Å². The Balaban J connectivity index is 2.65. The van der Waals surface area contributed by atoms with Crippen LogP contribution in [-0.4, -0.2) is 57.3 Å². The van der Waals surface area contributed by atoms with Crippen LogP contribution in [0.4, 0.5) is 0 Å². The molecular weight excluding hydrogens is 166 g/mol. The van der Waals surface area contributed by atoms with Crippen molar-refractivity contribution in [3.63, 3.8) is 0 Å². The molecule has 12 heavy (non-hydrogen) atoms. The average Bonchev–Trinajstić information content (AvgIpc) is 2.00. The number of hydrogen-bond donors (Lipinski definition) is 5. The van der Waals surface area contributed by atoms with Crippen LogP contribution in [0.15, 0.2) is 0 Å². The number of nitrogens with one attached hydrogen (secondary N) is 1. The van der Waals surface area contributed by atoms with E-state index in [9.17, 15) is 4.79 Å². The Labute approximate surface area is 68.4 Å². The molecule has 1 rings (SSSR count). The number of piperidine rings is 1. The second kappa shape index (κ2) is 3.36. The highest BCUT2D eigenvalue weighted by Gasteiger charge is 2.39. The lowest BCUT2D eigenvalue weighted by Crippen LogP contribution is -2.62. The van der Waals surface area contributed by atoms with Gasteiger partial charge in [-0.2, -0.15) is 0 Å². The molecule has 0 bridgehead atoms. The van der Waals surface area contributed by atoms with Gasteiger partial charge >= 0.3 is 5.97 Å². The molecule has 0 aromatic carbocycles. The van der Waals surface area contributed by atoms with Crippen LogP contribution in [0.3, 0.4) is 0 Å². The molecule has 5 N–H and O–H groups in total. The van der Waals surface area contributed by atoms with Crippen molar-refractivity contribution in [2.24, 2.45) is 0 Å². The lowest BCUT2D eigenvalue weighted by atomic mass is 9.96. The molecule has 1 aliphatic heterocycles. The van der Waals surface area contributed by atoms with Crippen molar-refractivity contribution in [2.45, 2.75) is 24.4 Å². The lowest BCUT2D eigenvalue weighted by Gasteiger charge is -2.33. The van der Waals surface area contributed by atoms with Crippen LogP contribution in [0.25, 0.3) is 0 Å². The van der Waals surface area contributed by atoms with E-state index in [1.54, 1.807) is 0 Å². The van der Waals surface area contributed by atoms with E-state index in [4.69, 9.17) is 20.4 Å². The van der Waals surface area contributed by atoms with E-state index < -0.39 is 30.3 Å². The Hall–Kier alpha value is -0.690. The minimum atomic E-state index is -1.47. The van der Waals surface area contributed by atoms with Gasteiger partial charge in [0.2, 0.25) is 0 Å². The van der Waals surface area contributed by atoms with Crippen molar-refractivity contribution in [2.75, 3.05) is 6.54 Å². The van der Waals surface area contributed by atoms with Crippen molar-refractivity contribution >= 4 is 5.97 Å². The van der Waals surface area contributed by atoms with Crippen LogP contribution in [0.5, 0.6) is 0 Å². The Kier molecular flexibility index (Phi) is 2.63. The number of β-amino-alcohol motifs (C(OH)–C–C–N with tert-alkyl or cyclic N) is 1. The van der Waals surface area contributed by atoms with Crippen LogP contribution in [0.2, 0.25) is 0 Å². The molecule has 6 heteroatoms. The number of aliphatic carboxylic acids is 1. The fourth-order valence-corrected chi connectivity index (χ4v) is 1.15. The third-order valence-corrected chi connectivity index (χ3v) is 1.90. The van der Waals surface area contributed by atoms with E-state index in [0.29, 0.717) is 0 Å². The van der Waals surface area contributed by atoms with Crippen molar-refractivity contribution in [1.29, 1.82) is 0 Å². The van der Waals surface area contributed by atoms with Gasteiger partial charge in [-0.25, -0.2) is 0 Å². The summed E-state index contributed by atoms with van der Waals surface area (Å²) in [5.74, 6) is -1.24. The van der Waals surface area contributed by atoms with Gasteiger partial charge < -0.3 is 20.4 Å². The molecule has 0 amide bonds. The first kappa shape index (κ1) is 9.40. The fourth-order valence-electron chi connectivity index (χ4n) is 1.15. The highest BCUT2D eigenvalue weighted by atomic mass is 16.4. The normalized spacial score (nSPS) is 42.6. The zero-order valence-electron chi connectivity index (χ0n) is 6.21. The van der Waals surface area contributed by atoms with Crippen LogP contribution in [0, 0.1) is 0 Å². The monoisotopic (exact) mass is 177 g/mol. The average molecular weight is 177 g/mol. The first-order valence-electron chi connectivity index (χ1n) is 3.54. The topological polar surface area (TPSA) is 110 Å². The maximum absolute atomic E-state index is 10.4. The molecule has 4 atom stereocenters. The van der Waals surface area contributed by atoms with Gasteiger partial charge in [-0.3, -0.25) is 10.1 Å². The van der Waals surface area contributed by atoms with Gasteiger partial charge in [0.1, 0.15) is 18.2 Å². The van der Waals surface area contributed by atoms with Crippen LogP contribution < -0.4 is 5.32 Å². The summed E-state index contributed by atoms with van der Waals surface area (Å²) in [6.07, 6.45) is -3.98. The fraction of sp³-hybridized carbons (Fsp3) is 0.833. The summed E-state index contributed by atoms with van der Waals surface area (Å²) in [7, 11) is 0. The second-order valence-electron chi connectivity index (χ2n) is 2.77. The summed E-state index contributed by atoms with van der Waals surface area (Å²) in [5.41, 5.74) is 0. The molecule has 0 aliphatic carbocycles. The quantitative estimate of drug-likeness (QED) is 0.294. The standard InChI is InChI=1S/C6H11NO5/c8-2-1-7-3(6(11)12)5(10)4(2)9/h2-5,7-10H,1H2,(H,11,12)/t2-,3+,4+,5-/m1/s1. The lowest BCUT2D eigenvalue weighted by molar-refractivity contribution is -0.152. The Morgan fingerprint density at radius 2 is 1.83 bits per heavy atom. The van der Waals surface area contributed by atoms with E-state index in [-0.39, 0.29) is 6.54 Å². The number of rotatable bonds is 1. The highest BCUT2D eigenvalue weighted by molar-refractivity contribution is 5.74. The van der Waals surface area contributed by atoms with Crippen LogP contribution in [0.1, 0.15) is 0 Å². The van der Waals surface area contributed by atoms with Gasteiger partial charge in [0, 0.05) is 6.54 Å². The van der Waals surface area contributed by atoms with E-state index in [1.807, 2.05) is 0 Å². The van der Waals surface area contributed by atoms with Crippen LogP contribution >= 0.6 is 0 Å². The third-order valence-electron chi connectivity index (χ3n) is 1.90. The molecule has 70 valence electrons. The molecule has 0 aromatic heterocycles. The highest BCUT2D eigenvalue weighted by Crippen LogP contribution is 2.10. The summed E-state index contributed by atoms with van der Waals surface area (Å²) >= 11 is 0. The van der Waals surface area contributed by atoms with Gasteiger partial charge in [0.15, 0.2) is 0 Å². The maximum Gasteiger partial charge on any atom is 0.323 e. The van der Waals surface area contributed by atoms with Crippen molar-refractivity contribution in [1.82, 2.24) is 5.32 Å². The summed E-state index contributed by atoms with van der Waals surface area (Å²) in [5, 5.41) is 38.1. The largest absolute Gasteiger partial charge is 0.480 e. The zero-order valence-corrected chi connectivity index (χ0v) is 6.21. The summed E-state index contributed by atoms with van der Waals surface area (Å²) < 4.78 is 0. The van der Waals surface area contributed by atoms with Crippen molar-refractivity contribution in [3.05, 3.63) is 0 Å². The van der Waals surface area contributed by atoms with Gasteiger partial charge in [0.25, 0.3) is 0 Å². The van der Waals surface area contributed by atoms with Crippen LogP contribution in [-0.2, 0) is 4.79 Å². The number of aliphatic hydroxyl groups excluding tert-OH is 3. The zero-order chi connectivity index (χ0) is 9.30. The number of carboxylic acids is 1. The molecule has 0 unspecified atom stereocenters. The summed E-state index contributed by atoms with van der Waals surface area (Å²) in [6, 6.07) is -1.21. The Morgan fingerprint density at radius 3 is 2.33 bits per heavy atom. The summed E-state index contributed by atoms with van der Waals surface area (Å²) in [6.45, 7) is -0.0325. The molecule has 0 spiro atoms.